The molecule has 0 saturated carbocycles. The van der Waals surface area contributed by atoms with Crippen LogP contribution >= 0.6 is 0 Å². The van der Waals surface area contributed by atoms with Crippen molar-refractivity contribution in [1.29, 1.82) is 0 Å². The predicted octanol–water partition coefficient (Wildman–Crippen LogP) is 3.33. The summed E-state index contributed by atoms with van der Waals surface area (Å²) in [4.78, 5) is 2.32. The summed E-state index contributed by atoms with van der Waals surface area (Å²) in [6.07, 6.45) is 2.17. The number of piperidine rings is 1. The van der Waals surface area contributed by atoms with E-state index in [4.69, 9.17) is 4.74 Å². The third-order valence-corrected chi connectivity index (χ3v) is 4.23. The van der Waals surface area contributed by atoms with E-state index in [0.29, 0.717) is 12.6 Å². The van der Waals surface area contributed by atoms with Crippen LogP contribution in [-0.4, -0.2) is 31.8 Å². The number of hydrogen-bond donors (Lipinski definition) is 1. The van der Waals surface area contributed by atoms with Crippen LogP contribution in [0, 0.1) is 5.82 Å². The summed E-state index contributed by atoms with van der Waals surface area (Å²) in [6.45, 7) is 8.88. The van der Waals surface area contributed by atoms with Crippen molar-refractivity contribution in [2.45, 2.75) is 51.8 Å². The second-order valence-corrected chi connectivity index (χ2v) is 6.49. The molecule has 1 saturated heterocycles. The molecule has 1 fully saturated rings. The molecule has 1 aliphatic rings. The molecule has 0 radical (unpaired) electrons. The van der Waals surface area contributed by atoms with Crippen LogP contribution in [0.15, 0.2) is 18.2 Å². The Balaban J connectivity index is 2.21. The molecule has 118 valence electrons. The number of methoxy groups -OCH3 is 1. The predicted molar refractivity (Wildman–Crippen MR) is 85.2 cm³/mol. The highest BCUT2D eigenvalue weighted by Crippen LogP contribution is 2.30. The second kappa shape index (κ2) is 6.75. The molecule has 3 nitrogen and oxygen atoms in total. The van der Waals surface area contributed by atoms with Gasteiger partial charge in [-0.05, 0) is 43.5 Å². The number of ether oxygens (including phenoxy) is 1. The molecule has 0 aliphatic carbocycles. The molecule has 0 spiro atoms. The molecule has 4 heteroatoms. The lowest BCUT2D eigenvalue weighted by Crippen LogP contribution is -2.47. The van der Waals surface area contributed by atoms with E-state index in [1.165, 1.54) is 0 Å². The van der Waals surface area contributed by atoms with Gasteiger partial charge in [-0.3, -0.25) is 0 Å². The Hall–Kier alpha value is -1.13. The minimum absolute atomic E-state index is 0.116. The van der Waals surface area contributed by atoms with Gasteiger partial charge in [0, 0.05) is 38.5 Å². The molecule has 1 unspecified atom stereocenters. The highest BCUT2D eigenvalue weighted by atomic mass is 19.1. The number of halogens is 1. The van der Waals surface area contributed by atoms with Gasteiger partial charge in [0.25, 0.3) is 0 Å². The van der Waals surface area contributed by atoms with Gasteiger partial charge in [-0.25, -0.2) is 4.39 Å². The zero-order valence-electron chi connectivity index (χ0n) is 13.6. The molecule has 2 rings (SSSR count). The first-order valence-corrected chi connectivity index (χ1v) is 7.75. The summed E-state index contributed by atoms with van der Waals surface area (Å²) in [5.74, 6) is -0.175. The Bertz CT molecular complexity index is 478. The van der Waals surface area contributed by atoms with E-state index in [2.05, 4.69) is 31.0 Å². The molecule has 1 aromatic rings. The van der Waals surface area contributed by atoms with Crippen LogP contribution in [0.5, 0.6) is 0 Å². The standard InChI is InChI=1S/C17H27FN2O/c1-13(2)19-11-14-10-15(18)6-7-16(14)20-9-5-8-17(3,12-20)21-4/h6-7,10,13,19H,5,8-9,11-12H2,1-4H3. The Morgan fingerprint density at radius 2 is 2.19 bits per heavy atom. The molecular weight excluding hydrogens is 267 g/mol. The van der Waals surface area contributed by atoms with E-state index < -0.39 is 0 Å². The van der Waals surface area contributed by atoms with E-state index in [9.17, 15) is 4.39 Å². The van der Waals surface area contributed by atoms with Crippen LogP contribution in [0.2, 0.25) is 0 Å². The number of benzene rings is 1. The minimum Gasteiger partial charge on any atom is -0.377 e. The second-order valence-electron chi connectivity index (χ2n) is 6.49. The van der Waals surface area contributed by atoms with Crippen LogP contribution in [-0.2, 0) is 11.3 Å². The van der Waals surface area contributed by atoms with Crippen molar-refractivity contribution in [3.05, 3.63) is 29.6 Å². The fourth-order valence-electron chi connectivity index (χ4n) is 2.90. The van der Waals surface area contributed by atoms with Crippen LogP contribution in [0.3, 0.4) is 0 Å². The van der Waals surface area contributed by atoms with Crippen LogP contribution in [0.1, 0.15) is 39.2 Å². The van der Waals surface area contributed by atoms with Crippen molar-refractivity contribution in [3.8, 4) is 0 Å². The lowest BCUT2D eigenvalue weighted by Gasteiger charge is -2.41. The SMILES string of the molecule is COC1(C)CCCN(c2ccc(F)cc2CNC(C)C)C1. The Labute approximate surface area is 127 Å². The first-order valence-electron chi connectivity index (χ1n) is 7.75. The van der Waals surface area contributed by atoms with E-state index in [-0.39, 0.29) is 11.4 Å². The van der Waals surface area contributed by atoms with Crippen LogP contribution in [0.4, 0.5) is 10.1 Å². The smallest absolute Gasteiger partial charge is 0.123 e. The number of nitrogens with zero attached hydrogens (tertiary/aromatic N) is 1. The lowest BCUT2D eigenvalue weighted by atomic mass is 9.93. The summed E-state index contributed by atoms with van der Waals surface area (Å²) < 4.78 is 19.2. The largest absolute Gasteiger partial charge is 0.377 e. The lowest BCUT2D eigenvalue weighted by molar-refractivity contribution is -0.00468. The van der Waals surface area contributed by atoms with Crippen molar-refractivity contribution in [2.24, 2.45) is 0 Å². The number of anilines is 1. The van der Waals surface area contributed by atoms with Gasteiger partial charge in [0.15, 0.2) is 0 Å². The van der Waals surface area contributed by atoms with E-state index in [0.717, 1.165) is 37.2 Å². The zero-order chi connectivity index (χ0) is 15.5. The molecule has 0 amide bonds. The summed E-state index contributed by atoms with van der Waals surface area (Å²) >= 11 is 0. The van der Waals surface area contributed by atoms with Gasteiger partial charge in [0.2, 0.25) is 0 Å². The summed E-state index contributed by atoms with van der Waals surface area (Å²) in [5, 5.41) is 3.38. The summed E-state index contributed by atoms with van der Waals surface area (Å²) in [5.41, 5.74) is 2.02. The Morgan fingerprint density at radius 1 is 1.43 bits per heavy atom. The first kappa shape index (κ1) is 16.2. The molecule has 0 aromatic heterocycles. The third-order valence-electron chi connectivity index (χ3n) is 4.23. The maximum Gasteiger partial charge on any atom is 0.123 e. The average Bonchev–Trinajstić information content (AvgIpc) is 2.45. The monoisotopic (exact) mass is 294 g/mol. The zero-order valence-corrected chi connectivity index (χ0v) is 13.6. The molecule has 1 atom stereocenters. The van der Waals surface area contributed by atoms with Crippen molar-refractivity contribution < 1.29 is 9.13 Å². The molecule has 21 heavy (non-hydrogen) atoms. The molecule has 0 bridgehead atoms. The van der Waals surface area contributed by atoms with Crippen molar-refractivity contribution in [3.63, 3.8) is 0 Å². The Kier molecular flexibility index (Phi) is 5.22. The van der Waals surface area contributed by atoms with Crippen molar-refractivity contribution in [2.75, 3.05) is 25.1 Å². The minimum atomic E-state index is -0.175. The van der Waals surface area contributed by atoms with Gasteiger partial charge in [-0.2, -0.15) is 0 Å². The summed E-state index contributed by atoms with van der Waals surface area (Å²) in [7, 11) is 1.77. The van der Waals surface area contributed by atoms with Crippen molar-refractivity contribution >= 4 is 5.69 Å². The van der Waals surface area contributed by atoms with Gasteiger partial charge >= 0.3 is 0 Å². The van der Waals surface area contributed by atoms with E-state index >= 15 is 0 Å². The van der Waals surface area contributed by atoms with Gasteiger partial charge in [0.1, 0.15) is 5.82 Å². The van der Waals surface area contributed by atoms with Gasteiger partial charge in [0.05, 0.1) is 5.60 Å². The van der Waals surface area contributed by atoms with Crippen LogP contribution < -0.4 is 10.2 Å². The third kappa shape index (κ3) is 4.17. The normalized spacial score (nSPS) is 22.9. The quantitative estimate of drug-likeness (QED) is 0.901. The van der Waals surface area contributed by atoms with Gasteiger partial charge < -0.3 is 15.0 Å². The molecule has 1 N–H and O–H groups in total. The molecule has 1 heterocycles. The number of rotatable bonds is 5. The fraction of sp³-hybridized carbons (Fsp3) is 0.647. The van der Waals surface area contributed by atoms with Crippen molar-refractivity contribution in [1.82, 2.24) is 5.32 Å². The number of hydrogen-bond acceptors (Lipinski definition) is 3. The van der Waals surface area contributed by atoms with Gasteiger partial charge in [-0.15, -0.1) is 0 Å². The fourth-order valence-corrected chi connectivity index (χ4v) is 2.90. The van der Waals surface area contributed by atoms with Crippen LogP contribution in [0.25, 0.3) is 0 Å². The first-order chi connectivity index (χ1) is 9.93. The average molecular weight is 294 g/mol. The van der Waals surface area contributed by atoms with E-state index in [1.807, 2.05) is 6.07 Å². The highest BCUT2D eigenvalue weighted by Gasteiger charge is 2.31. The number of nitrogens with one attached hydrogen (secondary N) is 1. The maximum absolute atomic E-state index is 13.6. The molecular formula is C17H27FN2O. The summed E-state index contributed by atoms with van der Waals surface area (Å²) in [6, 6.07) is 5.47. The van der Waals surface area contributed by atoms with E-state index in [1.54, 1.807) is 19.2 Å². The Morgan fingerprint density at radius 3 is 2.86 bits per heavy atom. The molecule has 1 aromatic carbocycles. The maximum atomic E-state index is 13.6. The highest BCUT2D eigenvalue weighted by molar-refractivity contribution is 5.54. The topological polar surface area (TPSA) is 24.5 Å². The molecule has 1 aliphatic heterocycles. The van der Waals surface area contributed by atoms with Gasteiger partial charge in [-0.1, -0.05) is 13.8 Å².